The molecular formula is C32H33F4N3O2. The second-order valence-electron chi connectivity index (χ2n) is 10.9. The van der Waals surface area contributed by atoms with Gasteiger partial charge in [0, 0.05) is 24.0 Å². The van der Waals surface area contributed by atoms with Gasteiger partial charge >= 0.3 is 6.18 Å². The fourth-order valence-corrected chi connectivity index (χ4v) is 6.05. The number of hydrogen-bond donors (Lipinski definition) is 2. The van der Waals surface area contributed by atoms with Crippen LogP contribution in [0.3, 0.4) is 0 Å². The van der Waals surface area contributed by atoms with Gasteiger partial charge in [0.1, 0.15) is 5.82 Å². The van der Waals surface area contributed by atoms with E-state index in [1.165, 1.54) is 42.0 Å². The smallest absolute Gasteiger partial charge is 0.382 e. The number of piperidine rings is 1. The van der Waals surface area contributed by atoms with Crippen LogP contribution < -0.4 is 10.6 Å². The number of benzene rings is 3. The molecule has 0 radical (unpaired) electrons. The van der Waals surface area contributed by atoms with Gasteiger partial charge in [0.15, 0.2) is 0 Å². The quantitative estimate of drug-likeness (QED) is 0.300. The van der Waals surface area contributed by atoms with E-state index in [0.717, 1.165) is 30.7 Å². The Bertz CT molecular complexity index is 1380. The lowest BCUT2D eigenvalue weighted by Crippen LogP contribution is -2.46. The third kappa shape index (κ3) is 6.39. The molecule has 1 aliphatic carbocycles. The van der Waals surface area contributed by atoms with E-state index < -0.39 is 41.3 Å². The molecule has 3 aromatic carbocycles. The average Bonchev–Trinajstić information content (AvgIpc) is 3.46. The molecule has 5 nitrogen and oxygen atoms in total. The molecule has 2 amide bonds. The molecule has 2 atom stereocenters. The van der Waals surface area contributed by atoms with Gasteiger partial charge in [-0.15, -0.1) is 0 Å². The number of anilines is 2. The maximum atomic E-state index is 14.9. The van der Waals surface area contributed by atoms with E-state index in [0.29, 0.717) is 36.6 Å². The highest BCUT2D eigenvalue weighted by Gasteiger charge is 2.41. The Balaban J connectivity index is 1.47. The first-order valence-corrected chi connectivity index (χ1v) is 14.0. The van der Waals surface area contributed by atoms with Crippen molar-refractivity contribution in [2.24, 2.45) is 5.92 Å². The summed E-state index contributed by atoms with van der Waals surface area (Å²) in [5.41, 5.74) is 1.23. The number of aryl methyl sites for hydroxylation is 1. The molecule has 1 heterocycles. The zero-order valence-electron chi connectivity index (χ0n) is 22.8. The van der Waals surface area contributed by atoms with Crippen LogP contribution in [0.5, 0.6) is 0 Å². The van der Waals surface area contributed by atoms with Gasteiger partial charge in [-0.05, 0) is 80.1 Å². The van der Waals surface area contributed by atoms with Crippen molar-refractivity contribution in [3.8, 4) is 0 Å². The molecule has 1 saturated carbocycles. The normalized spacial score (nSPS) is 19.7. The Morgan fingerprint density at radius 2 is 1.59 bits per heavy atom. The number of nitrogens with one attached hydrogen (secondary N) is 2. The van der Waals surface area contributed by atoms with Gasteiger partial charge in [-0.25, -0.2) is 4.39 Å². The van der Waals surface area contributed by atoms with Gasteiger partial charge in [-0.2, -0.15) is 13.2 Å². The van der Waals surface area contributed by atoms with Crippen LogP contribution in [0.15, 0.2) is 66.7 Å². The zero-order chi connectivity index (χ0) is 29.1. The van der Waals surface area contributed by atoms with E-state index in [1.807, 2.05) is 24.3 Å². The minimum atomic E-state index is -4.55. The molecule has 0 spiro atoms. The molecule has 0 aromatic heterocycles. The predicted octanol–water partition coefficient (Wildman–Crippen LogP) is 7.74. The minimum absolute atomic E-state index is 0.0214. The lowest BCUT2D eigenvalue weighted by molar-refractivity contribution is -0.137. The van der Waals surface area contributed by atoms with E-state index in [1.54, 1.807) is 13.0 Å². The van der Waals surface area contributed by atoms with Gasteiger partial charge in [-0.1, -0.05) is 43.2 Å². The molecule has 2 unspecified atom stereocenters. The number of halogens is 4. The lowest BCUT2D eigenvalue weighted by atomic mass is 9.83. The third-order valence-electron chi connectivity index (χ3n) is 8.10. The number of nitrogens with zero attached hydrogens (tertiary/aromatic N) is 1. The van der Waals surface area contributed by atoms with Gasteiger partial charge in [0.2, 0.25) is 5.91 Å². The van der Waals surface area contributed by atoms with Crippen LogP contribution in [0.25, 0.3) is 0 Å². The highest BCUT2D eigenvalue weighted by molar-refractivity contribution is 5.98. The maximum absolute atomic E-state index is 14.9. The highest BCUT2D eigenvalue weighted by atomic mass is 19.4. The Hall–Kier alpha value is -3.88. The number of alkyl halides is 3. The van der Waals surface area contributed by atoms with Crippen LogP contribution in [-0.4, -0.2) is 29.3 Å². The second-order valence-corrected chi connectivity index (χ2v) is 10.9. The summed E-state index contributed by atoms with van der Waals surface area (Å²) in [7, 11) is 0. The minimum Gasteiger partial charge on any atom is -0.382 e. The monoisotopic (exact) mass is 567 g/mol. The summed E-state index contributed by atoms with van der Waals surface area (Å²) in [6.45, 7) is 1.98. The molecule has 9 heteroatoms. The Kier molecular flexibility index (Phi) is 8.33. The molecule has 2 fully saturated rings. The van der Waals surface area contributed by atoms with E-state index in [4.69, 9.17) is 0 Å². The number of carbonyl (C=O) groups is 2. The van der Waals surface area contributed by atoms with Crippen LogP contribution in [0.1, 0.15) is 71.6 Å². The Labute approximate surface area is 236 Å². The Morgan fingerprint density at radius 3 is 2.27 bits per heavy atom. The maximum Gasteiger partial charge on any atom is 0.416 e. The van der Waals surface area contributed by atoms with Crippen LogP contribution in [0.2, 0.25) is 0 Å². The first-order chi connectivity index (χ1) is 19.6. The Morgan fingerprint density at radius 1 is 0.878 bits per heavy atom. The van der Waals surface area contributed by atoms with Gasteiger partial charge in [-0.3, -0.25) is 9.59 Å². The first kappa shape index (κ1) is 28.6. The molecule has 2 N–H and O–H groups in total. The molecule has 0 bridgehead atoms. The van der Waals surface area contributed by atoms with Crippen molar-refractivity contribution in [3.63, 3.8) is 0 Å². The predicted molar refractivity (Wildman–Crippen MR) is 150 cm³/mol. The topological polar surface area (TPSA) is 61.4 Å². The second kappa shape index (κ2) is 11.9. The van der Waals surface area contributed by atoms with Crippen molar-refractivity contribution in [1.29, 1.82) is 0 Å². The first-order valence-electron chi connectivity index (χ1n) is 14.0. The molecule has 216 valence electrons. The molecule has 3 aromatic rings. The van der Waals surface area contributed by atoms with Gasteiger partial charge in [0.25, 0.3) is 5.91 Å². The van der Waals surface area contributed by atoms with E-state index in [9.17, 15) is 27.2 Å². The van der Waals surface area contributed by atoms with E-state index >= 15 is 0 Å². The molecule has 1 saturated heterocycles. The van der Waals surface area contributed by atoms with Gasteiger partial charge < -0.3 is 15.5 Å². The molecular weight excluding hydrogens is 534 g/mol. The highest BCUT2D eigenvalue weighted by Crippen LogP contribution is 2.39. The summed E-state index contributed by atoms with van der Waals surface area (Å²) in [5, 5.41) is 6.17. The summed E-state index contributed by atoms with van der Waals surface area (Å²) in [6.07, 6.45) is 0.928. The summed E-state index contributed by atoms with van der Waals surface area (Å²) < 4.78 is 54.7. The fraction of sp³-hybridized carbons (Fsp3) is 0.375. The van der Waals surface area contributed by atoms with Crippen LogP contribution >= 0.6 is 0 Å². The van der Waals surface area contributed by atoms with Crippen LogP contribution in [0, 0.1) is 18.7 Å². The molecule has 41 heavy (non-hydrogen) atoms. The number of rotatable bonds is 6. The summed E-state index contributed by atoms with van der Waals surface area (Å²) in [6, 6.07) is 16.2. The van der Waals surface area contributed by atoms with Crippen molar-refractivity contribution in [2.45, 2.75) is 63.7 Å². The van der Waals surface area contributed by atoms with E-state index in [2.05, 4.69) is 10.6 Å². The number of likely N-dealkylation sites (tertiary alicyclic amines) is 1. The summed E-state index contributed by atoms with van der Waals surface area (Å²) in [4.78, 5) is 29.0. The third-order valence-corrected chi connectivity index (χ3v) is 8.10. The van der Waals surface area contributed by atoms with Crippen molar-refractivity contribution in [1.82, 2.24) is 4.90 Å². The summed E-state index contributed by atoms with van der Waals surface area (Å²) >= 11 is 0. The molecule has 5 rings (SSSR count). The number of hydrogen-bond acceptors (Lipinski definition) is 3. The standard InChI is InChI=1S/C32H33F4N3O2/c1-20-7-4-13-27(33)28(20)31(41)39-18-6-12-26(30(40)38-25-11-5-8-22(19-25)32(34,35)36)29(39)21-14-16-24(17-15-21)37-23-9-2-3-10-23/h4-5,7-8,11,13-17,19,23,26,29,37H,2-3,6,9-10,12,18H2,1H3,(H,38,40). The van der Waals surface area contributed by atoms with E-state index in [-0.39, 0.29) is 11.3 Å². The molecule has 1 aliphatic heterocycles. The van der Waals surface area contributed by atoms with Gasteiger partial charge in [0.05, 0.1) is 23.1 Å². The summed E-state index contributed by atoms with van der Waals surface area (Å²) in [5.74, 6) is -2.41. The average molecular weight is 568 g/mol. The van der Waals surface area contributed by atoms with Crippen molar-refractivity contribution in [2.75, 3.05) is 17.2 Å². The van der Waals surface area contributed by atoms with Crippen LogP contribution in [0.4, 0.5) is 28.9 Å². The van der Waals surface area contributed by atoms with Crippen LogP contribution in [-0.2, 0) is 11.0 Å². The molecule has 2 aliphatic rings. The largest absolute Gasteiger partial charge is 0.416 e. The lowest BCUT2D eigenvalue weighted by Gasteiger charge is -2.41. The number of amides is 2. The number of carbonyl (C=O) groups excluding carboxylic acids is 2. The van der Waals surface area contributed by atoms with Crippen molar-refractivity contribution in [3.05, 3.63) is 94.8 Å². The SMILES string of the molecule is Cc1cccc(F)c1C(=O)N1CCCC(C(=O)Nc2cccc(C(F)(F)F)c2)C1c1ccc(NC2CCCC2)cc1. The van der Waals surface area contributed by atoms with Crippen molar-refractivity contribution >= 4 is 23.2 Å². The zero-order valence-corrected chi connectivity index (χ0v) is 22.8. The van der Waals surface area contributed by atoms with Crippen molar-refractivity contribution < 1.29 is 27.2 Å². The fourth-order valence-electron chi connectivity index (χ4n) is 6.05.